The number of methoxy groups -OCH3 is 1. The molecular formula is C12H18NO6P. The average molecular weight is 303 g/mol. The van der Waals surface area contributed by atoms with Gasteiger partial charge < -0.3 is 13.8 Å². The van der Waals surface area contributed by atoms with Crippen LogP contribution in [0, 0.1) is 10.1 Å². The van der Waals surface area contributed by atoms with Gasteiger partial charge >= 0.3 is 7.60 Å². The van der Waals surface area contributed by atoms with Crippen LogP contribution in [-0.2, 0) is 18.3 Å². The summed E-state index contributed by atoms with van der Waals surface area (Å²) < 4.78 is 28.3. The van der Waals surface area contributed by atoms with Crippen LogP contribution in [0.3, 0.4) is 0 Å². The highest BCUT2D eigenvalue weighted by molar-refractivity contribution is 7.54. The van der Waals surface area contributed by atoms with Crippen LogP contribution in [0.5, 0.6) is 0 Å². The fourth-order valence-corrected chi connectivity index (χ4v) is 3.60. The highest BCUT2D eigenvalue weighted by Gasteiger charge is 2.37. The molecule has 20 heavy (non-hydrogen) atoms. The largest absolute Gasteiger partial charge is 0.364 e. The molecule has 0 bridgehead atoms. The molecule has 1 rings (SSSR count). The van der Waals surface area contributed by atoms with Crippen LogP contribution in [0.1, 0.15) is 25.3 Å². The summed E-state index contributed by atoms with van der Waals surface area (Å²) in [6.07, 6.45) is 0. The van der Waals surface area contributed by atoms with Crippen molar-refractivity contribution in [2.75, 3.05) is 20.3 Å². The predicted molar refractivity (Wildman–Crippen MR) is 73.7 cm³/mol. The zero-order chi connectivity index (χ0) is 15.2. The topological polar surface area (TPSA) is 87.9 Å². The Balaban J connectivity index is 3.09. The van der Waals surface area contributed by atoms with Crippen molar-refractivity contribution < 1.29 is 23.3 Å². The second kappa shape index (κ2) is 7.50. The fraction of sp³-hybridized carbons (Fsp3) is 0.500. The van der Waals surface area contributed by atoms with Crippen LogP contribution in [0.15, 0.2) is 24.3 Å². The number of nitro groups is 1. The number of nitro benzene ring substituents is 1. The first-order valence-corrected chi connectivity index (χ1v) is 7.75. The Morgan fingerprint density at radius 2 is 1.70 bits per heavy atom. The van der Waals surface area contributed by atoms with Crippen molar-refractivity contribution in [3.63, 3.8) is 0 Å². The SMILES string of the molecule is CCOP(=O)(OCC)C(OC)c1ccc([N+](=O)[O-])cc1. The van der Waals surface area contributed by atoms with Gasteiger partial charge in [0.05, 0.1) is 18.1 Å². The first-order valence-electron chi connectivity index (χ1n) is 6.14. The summed E-state index contributed by atoms with van der Waals surface area (Å²) in [4.78, 5) is 10.1. The minimum absolute atomic E-state index is 0.0498. The number of hydrogen-bond donors (Lipinski definition) is 0. The van der Waals surface area contributed by atoms with Crippen molar-refractivity contribution in [3.8, 4) is 0 Å². The van der Waals surface area contributed by atoms with Gasteiger partial charge in [-0.15, -0.1) is 0 Å². The van der Waals surface area contributed by atoms with E-state index in [2.05, 4.69) is 0 Å². The molecule has 0 radical (unpaired) electrons. The maximum atomic E-state index is 12.7. The van der Waals surface area contributed by atoms with Gasteiger partial charge in [0.2, 0.25) is 0 Å². The third-order valence-electron chi connectivity index (χ3n) is 2.52. The average Bonchev–Trinajstić information content (AvgIpc) is 2.40. The minimum Gasteiger partial charge on any atom is -0.364 e. The number of non-ortho nitro benzene ring substituents is 1. The lowest BCUT2D eigenvalue weighted by molar-refractivity contribution is -0.384. The number of ether oxygens (including phenoxy) is 1. The summed E-state index contributed by atoms with van der Waals surface area (Å²) in [5.41, 5.74) is 0.453. The molecule has 0 aliphatic heterocycles. The lowest BCUT2D eigenvalue weighted by Crippen LogP contribution is -2.08. The summed E-state index contributed by atoms with van der Waals surface area (Å²) in [6, 6.07) is 5.61. The van der Waals surface area contributed by atoms with Gasteiger partial charge in [0.15, 0.2) is 5.85 Å². The van der Waals surface area contributed by atoms with E-state index in [9.17, 15) is 14.7 Å². The molecule has 1 aromatic carbocycles. The molecule has 8 heteroatoms. The van der Waals surface area contributed by atoms with Gasteiger partial charge in [0.25, 0.3) is 5.69 Å². The lowest BCUT2D eigenvalue weighted by Gasteiger charge is -2.25. The van der Waals surface area contributed by atoms with E-state index < -0.39 is 18.4 Å². The molecule has 0 spiro atoms. The van der Waals surface area contributed by atoms with E-state index in [4.69, 9.17) is 13.8 Å². The van der Waals surface area contributed by atoms with Gasteiger partial charge in [0.1, 0.15) is 0 Å². The monoisotopic (exact) mass is 303 g/mol. The third kappa shape index (κ3) is 3.86. The van der Waals surface area contributed by atoms with Crippen LogP contribution in [-0.4, -0.2) is 25.2 Å². The van der Waals surface area contributed by atoms with Crippen LogP contribution >= 0.6 is 7.60 Å². The van der Waals surface area contributed by atoms with Gasteiger partial charge in [-0.2, -0.15) is 0 Å². The molecule has 7 nitrogen and oxygen atoms in total. The van der Waals surface area contributed by atoms with Gasteiger partial charge in [-0.3, -0.25) is 14.7 Å². The molecule has 0 fully saturated rings. The van der Waals surface area contributed by atoms with Crippen LogP contribution in [0.4, 0.5) is 5.69 Å². The zero-order valence-corrected chi connectivity index (χ0v) is 12.5. The Morgan fingerprint density at radius 3 is 2.05 bits per heavy atom. The highest BCUT2D eigenvalue weighted by atomic mass is 31.2. The summed E-state index contributed by atoms with van der Waals surface area (Å²) >= 11 is 0. The molecule has 0 aliphatic rings. The Morgan fingerprint density at radius 1 is 1.20 bits per heavy atom. The smallest absolute Gasteiger partial charge is 0.363 e. The van der Waals surface area contributed by atoms with Crippen LogP contribution in [0.2, 0.25) is 0 Å². The van der Waals surface area contributed by atoms with Gasteiger partial charge in [-0.05, 0) is 31.5 Å². The van der Waals surface area contributed by atoms with Crippen molar-refractivity contribution in [1.29, 1.82) is 0 Å². The Labute approximate surface area is 117 Å². The van der Waals surface area contributed by atoms with E-state index in [-0.39, 0.29) is 18.9 Å². The number of benzene rings is 1. The maximum absolute atomic E-state index is 12.7. The lowest BCUT2D eigenvalue weighted by atomic mass is 10.2. The van der Waals surface area contributed by atoms with Crippen LogP contribution in [0.25, 0.3) is 0 Å². The van der Waals surface area contributed by atoms with E-state index in [1.807, 2.05) is 0 Å². The molecule has 0 heterocycles. The van der Waals surface area contributed by atoms with Crippen molar-refractivity contribution >= 4 is 13.3 Å². The molecule has 0 amide bonds. The molecular weight excluding hydrogens is 285 g/mol. The molecule has 0 aromatic heterocycles. The predicted octanol–water partition coefficient (Wildman–Crippen LogP) is 3.51. The van der Waals surface area contributed by atoms with E-state index in [0.29, 0.717) is 5.56 Å². The molecule has 0 N–H and O–H groups in total. The summed E-state index contributed by atoms with van der Waals surface area (Å²) in [7, 11) is -2.10. The first kappa shape index (κ1) is 16.8. The van der Waals surface area contributed by atoms with Gasteiger partial charge in [-0.1, -0.05) is 0 Å². The first-order chi connectivity index (χ1) is 9.48. The van der Waals surface area contributed by atoms with Gasteiger partial charge in [-0.25, -0.2) is 0 Å². The van der Waals surface area contributed by atoms with Gasteiger partial charge in [0, 0.05) is 19.2 Å². The Bertz CT molecular complexity index is 479. The van der Waals surface area contributed by atoms with E-state index in [1.165, 1.54) is 31.4 Å². The zero-order valence-electron chi connectivity index (χ0n) is 11.6. The second-order valence-corrected chi connectivity index (χ2v) is 5.88. The van der Waals surface area contributed by atoms with E-state index >= 15 is 0 Å². The van der Waals surface area contributed by atoms with Crippen LogP contribution < -0.4 is 0 Å². The minimum atomic E-state index is -3.48. The molecule has 1 aromatic rings. The third-order valence-corrected chi connectivity index (χ3v) is 4.84. The number of hydrogen-bond acceptors (Lipinski definition) is 6. The molecule has 1 unspecified atom stereocenters. The number of rotatable bonds is 8. The van der Waals surface area contributed by atoms with Crippen molar-refractivity contribution in [2.24, 2.45) is 0 Å². The second-order valence-electron chi connectivity index (χ2n) is 3.81. The standard InChI is InChI=1S/C12H18NO6P/c1-4-18-20(16,19-5-2)12(17-3)10-6-8-11(9-7-10)13(14)15/h6-9,12H,4-5H2,1-3H3. The molecule has 112 valence electrons. The van der Waals surface area contributed by atoms with E-state index in [1.54, 1.807) is 13.8 Å². The molecule has 1 atom stereocenters. The summed E-state index contributed by atoms with van der Waals surface area (Å²) in [5, 5.41) is 10.6. The quantitative estimate of drug-likeness (QED) is 0.415. The Hall–Kier alpha value is -1.27. The van der Waals surface area contributed by atoms with Crippen molar-refractivity contribution in [2.45, 2.75) is 19.7 Å². The maximum Gasteiger partial charge on any atom is 0.363 e. The highest BCUT2D eigenvalue weighted by Crippen LogP contribution is 2.61. The molecule has 0 saturated carbocycles. The van der Waals surface area contributed by atoms with E-state index in [0.717, 1.165) is 0 Å². The van der Waals surface area contributed by atoms with Crippen molar-refractivity contribution in [3.05, 3.63) is 39.9 Å². The molecule has 0 saturated heterocycles. The Kier molecular flexibility index (Phi) is 6.29. The fourth-order valence-electron chi connectivity index (χ4n) is 1.74. The summed E-state index contributed by atoms with van der Waals surface area (Å²) in [6.45, 7) is 3.83. The van der Waals surface area contributed by atoms with Crippen molar-refractivity contribution in [1.82, 2.24) is 0 Å². The normalized spacial score (nSPS) is 13.2. The number of nitrogens with zero attached hydrogens (tertiary/aromatic N) is 1. The molecule has 0 aliphatic carbocycles. The summed E-state index contributed by atoms with van der Waals surface area (Å²) in [5.74, 6) is -0.914.